The Bertz CT molecular complexity index is 1790. The monoisotopic (exact) mass is 574 g/mol. The number of aryl methyl sites for hydroxylation is 1. The molecule has 0 saturated heterocycles. The summed E-state index contributed by atoms with van der Waals surface area (Å²) in [6.07, 6.45) is 3.13. The molecule has 1 N–H and O–H groups in total. The minimum atomic E-state index is -4.52. The summed E-state index contributed by atoms with van der Waals surface area (Å²) >= 11 is 0. The maximum atomic E-state index is 14.0. The summed E-state index contributed by atoms with van der Waals surface area (Å²) < 4.78 is 43.1. The smallest absolute Gasteiger partial charge is 0.296 e. The lowest BCUT2D eigenvalue weighted by Gasteiger charge is -2.29. The van der Waals surface area contributed by atoms with Gasteiger partial charge >= 0.3 is 0 Å². The molecule has 0 saturated carbocycles. The fourth-order valence-electron chi connectivity index (χ4n) is 4.97. The lowest BCUT2D eigenvalue weighted by Crippen LogP contribution is -2.29. The van der Waals surface area contributed by atoms with E-state index in [9.17, 15) is 28.0 Å². The van der Waals surface area contributed by atoms with Crippen molar-refractivity contribution in [3.8, 4) is 23.1 Å². The van der Waals surface area contributed by atoms with Crippen molar-refractivity contribution in [1.82, 2.24) is 14.5 Å². The van der Waals surface area contributed by atoms with Gasteiger partial charge in [0.25, 0.3) is 5.56 Å². The average molecular weight is 575 g/mol. The number of unbranched alkanes of at least 4 members (excludes halogenated alkanes) is 1. The number of aromatic hydroxyl groups is 1. The van der Waals surface area contributed by atoms with Gasteiger partial charge in [-0.1, -0.05) is 51.5 Å². The third-order valence-corrected chi connectivity index (χ3v) is 8.83. The van der Waals surface area contributed by atoms with E-state index in [4.69, 9.17) is 0 Å². The van der Waals surface area contributed by atoms with E-state index in [1.807, 2.05) is 20.8 Å². The van der Waals surface area contributed by atoms with Gasteiger partial charge in [-0.05, 0) is 66.3 Å². The minimum absolute atomic E-state index is 0.168. The zero-order valence-electron chi connectivity index (χ0n) is 23.3. The largest absolute Gasteiger partial charge is 0.493 e. The van der Waals surface area contributed by atoms with E-state index in [2.05, 4.69) is 16.0 Å². The van der Waals surface area contributed by atoms with E-state index in [0.29, 0.717) is 40.7 Å². The molecule has 2 aromatic heterocycles. The fraction of sp³-hybridized carbons (Fsp3) is 0.290. The average Bonchev–Trinajstić information content (AvgIpc) is 2.94. The summed E-state index contributed by atoms with van der Waals surface area (Å²) in [5.41, 5.74) is 1.46. The molecule has 0 aliphatic rings. The normalized spacial score (nSPS) is 12.3. The van der Waals surface area contributed by atoms with Crippen LogP contribution < -0.4 is 5.56 Å². The number of sulfone groups is 1. The Morgan fingerprint density at radius 2 is 1.83 bits per heavy atom. The molecule has 2 heterocycles. The number of hydrogen-bond donors (Lipinski definition) is 1. The first kappa shape index (κ1) is 29.6. The molecule has 0 radical (unpaired) electrons. The summed E-state index contributed by atoms with van der Waals surface area (Å²) in [5.74, 6) is -1.23. The van der Waals surface area contributed by atoms with Crippen LogP contribution in [0.4, 0.5) is 4.39 Å². The first-order valence-electron chi connectivity index (χ1n) is 13.3. The number of pyridine rings is 1. The molecule has 2 aromatic carbocycles. The highest BCUT2D eigenvalue weighted by Crippen LogP contribution is 2.36. The van der Waals surface area contributed by atoms with Crippen molar-refractivity contribution in [2.24, 2.45) is 5.92 Å². The van der Waals surface area contributed by atoms with Gasteiger partial charge < -0.3 is 5.11 Å². The summed E-state index contributed by atoms with van der Waals surface area (Å²) in [5, 5.41) is 21.0. The number of benzene rings is 2. The molecule has 1 atom stereocenters. The van der Waals surface area contributed by atoms with Crippen molar-refractivity contribution >= 4 is 9.84 Å². The van der Waals surface area contributed by atoms with Gasteiger partial charge in [0.15, 0.2) is 4.90 Å². The van der Waals surface area contributed by atoms with Crippen LogP contribution in [0.1, 0.15) is 62.2 Å². The Balaban J connectivity index is 1.91. The first-order chi connectivity index (χ1) is 19.5. The first-order valence-corrected chi connectivity index (χ1v) is 14.8. The molecule has 0 spiro atoms. The second-order valence-electron chi connectivity index (χ2n) is 10.2. The molecular formula is C31H31FN4O4S. The lowest BCUT2D eigenvalue weighted by molar-refractivity contribution is 0.326. The Morgan fingerprint density at radius 1 is 1.12 bits per heavy atom. The number of rotatable bonds is 9. The van der Waals surface area contributed by atoms with Crippen molar-refractivity contribution in [2.45, 2.75) is 62.8 Å². The predicted molar refractivity (Wildman–Crippen MR) is 153 cm³/mol. The summed E-state index contributed by atoms with van der Waals surface area (Å²) in [6.45, 7) is 7.36. The highest BCUT2D eigenvalue weighted by molar-refractivity contribution is 7.91. The Morgan fingerprint density at radius 3 is 2.46 bits per heavy atom. The molecule has 4 aromatic rings. The van der Waals surface area contributed by atoms with Crippen LogP contribution >= 0.6 is 0 Å². The van der Waals surface area contributed by atoms with Crippen molar-refractivity contribution < 1.29 is 17.9 Å². The molecule has 0 aliphatic heterocycles. The zero-order valence-corrected chi connectivity index (χ0v) is 24.1. The number of nitrogens with zero attached hydrogens (tertiary/aromatic N) is 4. The van der Waals surface area contributed by atoms with Gasteiger partial charge in [-0.15, -0.1) is 0 Å². The van der Waals surface area contributed by atoms with Crippen LogP contribution in [0.25, 0.3) is 11.1 Å². The lowest BCUT2D eigenvalue weighted by atomic mass is 9.94. The van der Waals surface area contributed by atoms with E-state index < -0.39 is 38.2 Å². The van der Waals surface area contributed by atoms with Gasteiger partial charge in [0.05, 0.1) is 22.6 Å². The molecule has 1 unspecified atom stereocenters. The van der Waals surface area contributed by atoms with Crippen LogP contribution in [0.5, 0.6) is 5.88 Å². The predicted octanol–water partition coefficient (Wildman–Crippen LogP) is 5.75. The summed E-state index contributed by atoms with van der Waals surface area (Å²) in [4.78, 5) is 20.0. The topological polar surface area (TPSA) is 126 Å². The van der Waals surface area contributed by atoms with Crippen LogP contribution in [-0.2, 0) is 16.3 Å². The Hall–Kier alpha value is -4.36. The summed E-state index contributed by atoms with van der Waals surface area (Å²) in [7, 11) is -4.52. The van der Waals surface area contributed by atoms with Crippen molar-refractivity contribution in [1.29, 1.82) is 5.26 Å². The van der Waals surface area contributed by atoms with Gasteiger partial charge in [0.2, 0.25) is 21.7 Å². The number of aromatic nitrogens is 3. The quantitative estimate of drug-likeness (QED) is 0.252. The highest BCUT2D eigenvalue weighted by atomic mass is 32.2. The van der Waals surface area contributed by atoms with Gasteiger partial charge in [-0.3, -0.25) is 9.36 Å². The van der Waals surface area contributed by atoms with E-state index in [1.165, 1.54) is 35.0 Å². The summed E-state index contributed by atoms with van der Waals surface area (Å²) in [6, 6.07) is 15.6. The number of halogens is 1. The van der Waals surface area contributed by atoms with E-state index in [0.717, 1.165) is 6.42 Å². The molecular weight excluding hydrogens is 543 g/mol. The van der Waals surface area contributed by atoms with Gasteiger partial charge in [0, 0.05) is 18.2 Å². The minimum Gasteiger partial charge on any atom is -0.493 e. The number of nitriles is 1. The zero-order chi connectivity index (χ0) is 29.9. The molecule has 0 aliphatic carbocycles. The van der Waals surface area contributed by atoms with Crippen LogP contribution in [0.3, 0.4) is 0 Å². The van der Waals surface area contributed by atoms with Crippen LogP contribution in [0, 0.1) is 30.1 Å². The Labute approximate surface area is 238 Å². The SMILES string of the molecule is CCCCc1nc(=O)c(S(=O)(=O)c2ccc(-c3ccnc(F)c3C)cc2)c(O)n1C(c1cccc(C#N)c1)C(C)C. The van der Waals surface area contributed by atoms with Crippen LogP contribution in [-0.4, -0.2) is 28.1 Å². The molecule has 0 fully saturated rings. The maximum absolute atomic E-state index is 14.0. The second kappa shape index (κ2) is 12.0. The molecule has 0 amide bonds. The van der Waals surface area contributed by atoms with Crippen LogP contribution in [0.2, 0.25) is 0 Å². The number of hydrogen-bond acceptors (Lipinski definition) is 7. The second-order valence-corrected chi connectivity index (χ2v) is 12.1. The molecule has 4 rings (SSSR count). The molecule has 8 nitrogen and oxygen atoms in total. The molecule has 41 heavy (non-hydrogen) atoms. The van der Waals surface area contributed by atoms with E-state index in [-0.39, 0.29) is 16.6 Å². The maximum Gasteiger partial charge on any atom is 0.296 e. The van der Waals surface area contributed by atoms with Gasteiger partial charge in [0.1, 0.15) is 5.82 Å². The third-order valence-electron chi connectivity index (χ3n) is 7.04. The molecule has 0 bridgehead atoms. The highest BCUT2D eigenvalue weighted by Gasteiger charge is 2.33. The molecule has 212 valence electrons. The Kier molecular flexibility index (Phi) is 8.69. The van der Waals surface area contributed by atoms with Crippen molar-refractivity contribution in [2.75, 3.05) is 0 Å². The van der Waals surface area contributed by atoms with Crippen molar-refractivity contribution in [3.05, 3.63) is 99.6 Å². The van der Waals surface area contributed by atoms with Crippen molar-refractivity contribution in [3.63, 3.8) is 0 Å². The third kappa shape index (κ3) is 5.77. The standard InChI is InChI=1S/C31H31FN4O4S/c1-5-6-10-26-35-30(37)28(31(38)36(26)27(19(2)3)23-9-7-8-21(17-23)18-33)41(39,40)24-13-11-22(12-14-24)25-15-16-34-29(32)20(25)4/h7-9,11-17,19,27,38H,5-6,10H2,1-4H3. The van der Waals surface area contributed by atoms with Gasteiger partial charge in [-0.2, -0.15) is 14.6 Å². The van der Waals surface area contributed by atoms with E-state index in [1.54, 1.807) is 37.3 Å². The fourth-order valence-corrected chi connectivity index (χ4v) is 6.31. The van der Waals surface area contributed by atoms with Crippen LogP contribution in [0.15, 0.2) is 75.4 Å². The van der Waals surface area contributed by atoms with E-state index >= 15 is 0 Å². The molecule has 10 heteroatoms. The van der Waals surface area contributed by atoms with Gasteiger partial charge in [-0.25, -0.2) is 13.4 Å².